The molecule has 0 saturated carbocycles. The van der Waals surface area contributed by atoms with Gasteiger partial charge in [0.25, 0.3) is 5.56 Å². The van der Waals surface area contributed by atoms with Gasteiger partial charge in [-0.25, -0.2) is 9.18 Å². The first kappa shape index (κ1) is 22.0. The highest BCUT2D eigenvalue weighted by atomic mass is 19.1. The Labute approximate surface area is 187 Å². The van der Waals surface area contributed by atoms with Crippen LogP contribution in [0.1, 0.15) is 17.5 Å². The average molecular weight is 449 g/mol. The smallest absolute Gasteiger partial charge is 0.332 e. The number of aliphatic hydroxyl groups is 1. The lowest BCUT2D eigenvalue weighted by Gasteiger charge is -2.12. The van der Waals surface area contributed by atoms with Crippen LogP contribution in [0.2, 0.25) is 0 Å². The van der Waals surface area contributed by atoms with Crippen molar-refractivity contribution in [1.82, 2.24) is 18.7 Å². The van der Waals surface area contributed by atoms with E-state index in [0.717, 1.165) is 4.57 Å². The molecule has 0 unspecified atom stereocenters. The molecule has 9 nitrogen and oxygen atoms in total. The van der Waals surface area contributed by atoms with Crippen LogP contribution in [-0.2, 0) is 20.1 Å². The molecule has 0 aliphatic carbocycles. The number of rotatable bonds is 7. The summed E-state index contributed by atoms with van der Waals surface area (Å²) in [5.74, 6) is -0.163. The van der Waals surface area contributed by atoms with Crippen LogP contribution in [0.25, 0.3) is 11.2 Å². The molecule has 0 fully saturated rings. The number of ether oxygens (including phenoxy) is 1. The number of aromatic nitrogens is 4. The molecule has 2 aromatic carbocycles. The lowest BCUT2D eigenvalue weighted by molar-refractivity contribution is 0.277. The summed E-state index contributed by atoms with van der Waals surface area (Å²) in [6.45, 7) is -0.0385. The molecule has 0 spiro atoms. The number of benzene rings is 2. The van der Waals surface area contributed by atoms with Gasteiger partial charge in [-0.3, -0.25) is 18.5 Å². The highest BCUT2D eigenvalue weighted by molar-refractivity contribution is 5.72. The Balaban J connectivity index is 1.96. The zero-order chi connectivity index (χ0) is 23.5. The van der Waals surface area contributed by atoms with E-state index >= 15 is 0 Å². The van der Waals surface area contributed by atoms with E-state index in [4.69, 9.17) is 9.84 Å². The topological polar surface area (TPSA) is 115 Å². The van der Waals surface area contributed by atoms with Crippen LogP contribution < -0.4 is 16.0 Å². The molecule has 10 heteroatoms. The predicted molar refractivity (Wildman–Crippen MR) is 118 cm³/mol. The van der Waals surface area contributed by atoms with Crippen molar-refractivity contribution in [3.05, 3.63) is 86.3 Å². The van der Waals surface area contributed by atoms with E-state index < -0.39 is 17.1 Å². The van der Waals surface area contributed by atoms with Crippen molar-refractivity contribution < 1.29 is 14.2 Å². The van der Waals surface area contributed by atoms with Crippen molar-refractivity contribution in [3.63, 3.8) is 0 Å². The summed E-state index contributed by atoms with van der Waals surface area (Å²) in [6, 6.07) is 14.4. The summed E-state index contributed by atoms with van der Waals surface area (Å²) in [6.07, 6.45) is 0.228. The van der Waals surface area contributed by atoms with Gasteiger partial charge >= 0.3 is 11.7 Å². The summed E-state index contributed by atoms with van der Waals surface area (Å²) in [5.41, 5.74) is 0.00736. The number of imidazole rings is 1. The van der Waals surface area contributed by atoms with Crippen molar-refractivity contribution in [1.29, 1.82) is 5.26 Å². The fourth-order valence-corrected chi connectivity index (χ4v) is 3.52. The predicted octanol–water partition coefficient (Wildman–Crippen LogP) is 2.13. The maximum atomic E-state index is 13.4. The minimum absolute atomic E-state index is 0.00373. The quantitative estimate of drug-likeness (QED) is 0.462. The minimum atomic E-state index is -0.584. The zero-order valence-electron chi connectivity index (χ0n) is 17.7. The van der Waals surface area contributed by atoms with Crippen molar-refractivity contribution >= 4 is 11.2 Å². The molecule has 0 atom stereocenters. The van der Waals surface area contributed by atoms with Crippen LogP contribution in [0.3, 0.4) is 0 Å². The first-order valence-corrected chi connectivity index (χ1v) is 10.2. The number of fused-ring (bicyclic) bond motifs is 1. The van der Waals surface area contributed by atoms with Crippen LogP contribution in [0.4, 0.5) is 4.39 Å². The van der Waals surface area contributed by atoms with Gasteiger partial charge in [0.05, 0.1) is 12.1 Å². The van der Waals surface area contributed by atoms with Gasteiger partial charge in [-0.05, 0) is 36.2 Å². The fraction of sp³-hybridized carbons (Fsp3) is 0.217. The minimum Gasteiger partial charge on any atom is -0.424 e. The summed E-state index contributed by atoms with van der Waals surface area (Å²) in [7, 11) is 1.49. The van der Waals surface area contributed by atoms with E-state index in [1.807, 2.05) is 6.07 Å². The molecule has 4 rings (SSSR count). The molecule has 2 heterocycles. The highest BCUT2D eigenvalue weighted by Crippen LogP contribution is 2.27. The van der Waals surface area contributed by atoms with E-state index in [9.17, 15) is 19.2 Å². The zero-order valence-corrected chi connectivity index (χ0v) is 17.7. The molecule has 0 saturated heterocycles. The molecule has 0 aliphatic heterocycles. The van der Waals surface area contributed by atoms with Gasteiger partial charge in [0.1, 0.15) is 17.6 Å². The van der Waals surface area contributed by atoms with Gasteiger partial charge in [-0.2, -0.15) is 10.2 Å². The molecule has 2 aromatic heterocycles. The number of para-hydroxylation sites is 1. The third-order valence-corrected chi connectivity index (χ3v) is 5.20. The van der Waals surface area contributed by atoms with Crippen molar-refractivity contribution in [3.8, 4) is 17.8 Å². The maximum Gasteiger partial charge on any atom is 0.332 e. The molecule has 168 valence electrons. The number of nitriles is 1. The second-order valence-electron chi connectivity index (χ2n) is 7.36. The van der Waals surface area contributed by atoms with Crippen LogP contribution in [0, 0.1) is 17.1 Å². The van der Waals surface area contributed by atoms with Crippen LogP contribution in [-0.4, -0.2) is 30.4 Å². The Morgan fingerprint density at radius 2 is 1.85 bits per heavy atom. The second kappa shape index (κ2) is 9.10. The highest BCUT2D eigenvalue weighted by Gasteiger charge is 2.22. The summed E-state index contributed by atoms with van der Waals surface area (Å²) in [4.78, 5) is 30.5. The van der Waals surface area contributed by atoms with E-state index in [2.05, 4.69) is 4.98 Å². The Hall–Kier alpha value is -4.23. The normalized spacial score (nSPS) is 11.0. The lowest BCUT2D eigenvalue weighted by atomic mass is 10.2. The number of aryl methyl sites for hydroxylation is 1. The molecule has 4 aromatic rings. The largest absolute Gasteiger partial charge is 0.424 e. The maximum absolute atomic E-state index is 13.4. The van der Waals surface area contributed by atoms with Crippen molar-refractivity contribution in [2.45, 2.75) is 19.5 Å². The van der Waals surface area contributed by atoms with Gasteiger partial charge in [0.2, 0.25) is 0 Å². The number of hydrogen-bond acceptors (Lipinski definition) is 6. The van der Waals surface area contributed by atoms with Gasteiger partial charge in [-0.15, -0.1) is 0 Å². The molecule has 0 amide bonds. The standard InChI is InChI=1S/C23H20FN5O4/c1-27-20-19(21(31)28(23(27)32)11-4-12-30)29(14-15-7-9-17(24)10-8-15)22(26-20)33-18-6-3-2-5-16(18)13-25/h2-3,5-10,30H,4,11-12,14H2,1H3. The van der Waals surface area contributed by atoms with Gasteiger partial charge in [0, 0.05) is 20.2 Å². The number of nitrogens with zero attached hydrogens (tertiary/aromatic N) is 5. The third kappa shape index (κ3) is 4.14. The third-order valence-electron chi connectivity index (χ3n) is 5.20. The molecule has 0 aliphatic rings. The van der Waals surface area contributed by atoms with E-state index in [-0.39, 0.29) is 54.6 Å². The lowest BCUT2D eigenvalue weighted by Crippen LogP contribution is -2.39. The second-order valence-corrected chi connectivity index (χ2v) is 7.36. The fourth-order valence-electron chi connectivity index (χ4n) is 3.52. The molecule has 1 N–H and O–H groups in total. The van der Waals surface area contributed by atoms with Crippen LogP contribution >= 0.6 is 0 Å². The summed E-state index contributed by atoms with van der Waals surface area (Å²) >= 11 is 0. The Bertz CT molecular complexity index is 1480. The SMILES string of the molecule is Cn1c(=O)n(CCCO)c(=O)c2c1nc(Oc1ccccc1C#N)n2Cc1ccc(F)cc1. The number of hydrogen-bond donors (Lipinski definition) is 1. The first-order valence-electron chi connectivity index (χ1n) is 10.2. The van der Waals surface area contributed by atoms with Gasteiger partial charge in [0.15, 0.2) is 11.2 Å². The van der Waals surface area contributed by atoms with Crippen molar-refractivity contribution in [2.24, 2.45) is 7.05 Å². The van der Waals surface area contributed by atoms with Crippen LogP contribution in [0.5, 0.6) is 11.8 Å². The number of aliphatic hydroxyl groups excluding tert-OH is 1. The monoisotopic (exact) mass is 449 g/mol. The Morgan fingerprint density at radius 1 is 1.12 bits per heavy atom. The first-order chi connectivity index (χ1) is 15.9. The van der Waals surface area contributed by atoms with E-state index in [1.165, 1.54) is 28.3 Å². The number of halogens is 1. The van der Waals surface area contributed by atoms with Crippen LogP contribution in [0.15, 0.2) is 58.1 Å². The van der Waals surface area contributed by atoms with Gasteiger partial charge in [-0.1, -0.05) is 24.3 Å². The Morgan fingerprint density at radius 3 is 2.55 bits per heavy atom. The van der Waals surface area contributed by atoms with E-state index in [0.29, 0.717) is 5.56 Å². The summed E-state index contributed by atoms with van der Waals surface area (Å²) in [5, 5.41) is 18.6. The van der Waals surface area contributed by atoms with Crippen molar-refractivity contribution in [2.75, 3.05) is 6.61 Å². The van der Waals surface area contributed by atoms with Gasteiger partial charge < -0.3 is 9.84 Å². The molecular weight excluding hydrogens is 429 g/mol. The molecular formula is C23H20FN5O4. The molecule has 33 heavy (non-hydrogen) atoms. The molecule has 0 radical (unpaired) electrons. The Kier molecular flexibility index (Phi) is 6.06. The average Bonchev–Trinajstić information content (AvgIpc) is 3.17. The van der Waals surface area contributed by atoms with E-state index in [1.54, 1.807) is 36.4 Å². The molecule has 0 bridgehead atoms. The summed E-state index contributed by atoms with van der Waals surface area (Å²) < 4.78 is 23.1.